The number of nitrogens with one attached hydrogen (secondary N) is 3. The molecule has 0 spiro atoms. The molecule has 1 atom stereocenters. The fourth-order valence-electron chi connectivity index (χ4n) is 3.06. The van der Waals surface area contributed by atoms with Crippen LogP contribution in [0.5, 0.6) is 5.75 Å². The Labute approximate surface area is 216 Å². The number of rotatable bonds is 6. The molecule has 1 amide bonds. The second-order valence-corrected chi connectivity index (χ2v) is 9.42. The van der Waals surface area contributed by atoms with Gasteiger partial charge in [0.05, 0.1) is 17.2 Å². The molecule has 7 nitrogen and oxygen atoms in total. The lowest BCUT2D eigenvalue weighted by molar-refractivity contribution is -0.127. The molecule has 0 aliphatic rings. The summed E-state index contributed by atoms with van der Waals surface area (Å²) in [6.45, 7) is 3.44. The zero-order chi connectivity index (χ0) is 24.8. The van der Waals surface area contributed by atoms with Gasteiger partial charge in [0.25, 0.3) is 5.91 Å². The molecule has 0 radical (unpaired) electrons. The first-order chi connectivity index (χ1) is 16.2. The standard InChI is InChI=1S/C23H21Cl2N3O4S2/c1-12(32-19-15(24)10-7-11-16(19)25)20(29)27-28-23(33)26-21-18(22(30)31-3)17(13(2)34-21)14-8-5-4-6-9-14/h4-12H,1-3H3,(H,27,29)(H2,26,28,33). The molecule has 11 heteroatoms. The van der Waals surface area contributed by atoms with Crippen molar-refractivity contribution in [3.8, 4) is 16.9 Å². The zero-order valence-electron chi connectivity index (χ0n) is 18.4. The summed E-state index contributed by atoms with van der Waals surface area (Å²) in [5, 5.41) is 4.09. The predicted octanol–water partition coefficient (Wildman–Crippen LogP) is 5.60. The molecule has 34 heavy (non-hydrogen) atoms. The normalized spacial score (nSPS) is 11.3. The second kappa shape index (κ2) is 11.5. The van der Waals surface area contributed by atoms with Crippen LogP contribution >= 0.6 is 46.8 Å². The number of hydrogen-bond acceptors (Lipinski definition) is 6. The number of hydrazine groups is 1. The number of ether oxygens (including phenoxy) is 2. The van der Waals surface area contributed by atoms with Crippen molar-refractivity contribution in [2.75, 3.05) is 12.4 Å². The summed E-state index contributed by atoms with van der Waals surface area (Å²) in [5.41, 5.74) is 7.06. The van der Waals surface area contributed by atoms with Crippen molar-refractivity contribution in [3.63, 3.8) is 0 Å². The number of hydrogen-bond donors (Lipinski definition) is 3. The number of para-hydroxylation sites is 1. The van der Waals surface area contributed by atoms with Gasteiger partial charge in [-0.3, -0.25) is 15.6 Å². The highest BCUT2D eigenvalue weighted by atomic mass is 35.5. The summed E-state index contributed by atoms with van der Waals surface area (Å²) in [7, 11) is 1.32. The van der Waals surface area contributed by atoms with Gasteiger partial charge in [0, 0.05) is 10.4 Å². The first-order valence-corrected chi connectivity index (χ1v) is 12.0. The molecular weight excluding hydrogens is 517 g/mol. The SMILES string of the molecule is COC(=O)c1c(NC(=S)NNC(=O)C(C)Oc2c(Cl)cccc2Cl)sc(C)c1-c1ccccc1. The van der Waals surface area contributed by atoms with E-state index in [1.165, 1.54) is 25.4 Å². The van der Waals surface area contributed by atoms with Crippen LogP contribution in [0.3, 0.4) is 0 Å². The van der Waals surface area contributed by atoms with Crippen LogP contribution in [0.4, 0.5) is 5.00 Å². The summed E-state index contributed by atoms with van der Waals surface area (Å²) in [6.07, 6.45) is -0.924. The number of thiocarbonyl (C=S) groups is 1. The van der Waals surface area contributed by atoms with Crippen molar-refractivity contribution in [2.45, 2.75) is 20.0 Å². The van der Waals surface area contributed by atoms with E-state index in [1.54, 1.807) is 18.2 Å². The predicted molar refractivity (Wildman–Crippen MR) is 140 cm³/mol. The van der Waals surface area contributed by atoms with Gasteiger partial charge in [-0.2, -0.15) is 0 Å². The zero-order valence-corrected chi connectivity index (χ0v) is 21.5. The van der Waals surface area contributed by atoms with Crippen LogP contribution in [0.15, 0.2) is 48.5 Å². The van der Waals surface area contributed by atoms with Crippen LogP contribution in [0, 0.1) is 6.92 Å². The number of halogens is 2. The maximum Gasteiger partial charge on any atom is 0.341 e. The number of thiophene rings is 1. The highest BCUT2D eigenvalue weighted by Gasteiger charge is 2.25. The molecule has 0 bridgehead atoms. The van der Waals surface area contributed by atoms with Gasteiger partial charge >= 0.3 is 5.97 Å². The van der Waals surface area contributed by atoms with Gasteiger partial charge in [0.1, 0.15) is 10.6 Å². The highest BCUT2D eigenvalue weighted by Crippen LogP contribution is 2.40. The fraction of sp³-hybridized carbons (Fsp3) is 0.174. The average Bonchev–Trinajstić information content (AvgIpc) is 3.15. The number of esters is 1. The minimum atomic E-state index is -0.924. The smallest absolute Gasteiger partial charge is 0.341 e. The van der Waals surface area contributed by atoms with E-state index < -0.39 is 18.0 Å². The lowest BCUT2D eigenvalue weighted by Crippen LogP contribution is -2.48. The third-order valence-electron chi connectivity index (χ3n) is 4.65. The van der Waals surface area contributed by atoms with Crippen LogP contribution < -0.4 is 20.9 Å². The van der Waals surface area contributed by atoms with E-state index >= 15 is 0 Å². The summed E-state index contributed by atoms with van der Waals surface area (Å²) in [6, 6.07) is 14.4. The van der Waals surface area contributed by atoms with Crippen LogP contribution in [0.2, 0.25) is 10.0 Å². The van der Waals surface area contributed by atoms with E-state index in [-0.39, 0.29) is 20.9 Å². The van der Waals surface area contributed by atoms with E-state index in [2.05, 4.69) is 16.2 Å². The Morgan fingerprint density at radius 1 is 1.03 bits per heavy atom. The van der Waals surface area contributed by atoms with Crippen LogP contribution in [0.25, 0.3) is 11.1 Å². The van der Waals surface area contributed by atoms with Crippen molar-refractivity contribution in [1.82, 2.24) is 10.9 Å². The monoisotopic (exact) mass is 537 g/mol. The molecule has 3 N–H and O–H groups in total. The minimum Gasteiger partial charge on any atom is -0.478 e. The summed E-state index contributed by atoms with van der Waals surface area (Å²) < 4.78 is 10.6. The lowest BCUT2D eigenvalue weighted by Gasteiger charge is -2.17. The topological polar surface area (TPSA) is 88.7 Å². The quantitative estimate of drug-likeness (QED) is 0.214. The van der Waals surface area contributed by atoms with E-state index in [4.69, 9.17) is 44.9 Å². The third kappa shape index (κ3) is 5.98. The molecule has 0 fully saturated rings. The lowest BCUT2D eigenvalue weighted by atomic mass is 10.0. The molecule has 3 aromatic rings. The van der Waals surface area contributed by atoms with Crippen molar-refractivity contribution in [3.05, 3.63) is 69.0 Å². The second-order valence-electron chi connectivity index (χ2n) is 6.97. The van der Waals surface area contributed by atoms with Gasteiger partial charge in [0.2, 0.25) is 0 Å². The molecule has 1 unspecified atom stereocenters. The first-order valence-electron chi connectivity index (χ1n) is 9.97. The molecule has 0 saturated heterocycles. The fourth-order valence-corrected chi connectivity index (χ4v) is 4.83. The highest BCUT2D eigenvalue weighted by molar-refractivity contribution is 7.80. The Kier molecular flexibility index (Phi) is 8.73. The van der Waals surface area contributed by atoms with Crippen molar-refractivity contribution >= 4 is 68.7 Å². The number of anilines is 1. The number of aryl methyl sites for hydroxylation is 1. The molecule has 0 aliphatic carbocycles. The van der Waals surface area contributed by atoms with Gasteiger partial charge in [-0.1, -0.05) is 59.6 Å². The van der Waals surface area contributed by atoms with Gasteiger partial charge in [-0.15, -0.1) is 11.3 Å². The Balaban J connectivity index is 1.69. The molecule has 1 heterocycles. The molecule has 3 rings (SSSR count). The molecule has 0 saturated carbocycles. The van der Waals surface area contributed by atoms with Crippen molar-refractivity contribution in [1.29, 1.82) is 0 Å². The largest absolute Gasteiger partial charge is 0.478 e. The van der Waals surface area contributed by atoms with E-state index in [1.807, 2.05) is 37.3 Å². The molecule has 2 aromatic carbocycles. The molecule has 1 aromatic heterocycles. The first kappa shape index (κ1) is 25.8. The number of benzene rings is 2. The Morgan fingerprint density at radius 3 is 2.29 bits per heavy atom. The Morgan fingerprint density at radius 2 is 1.68 bits per heavy atom. The molecule has 0 aliphatic heterocycles. The Hall–Kier alpha value is -2.85. The summed E-state index contributed by atoms with van der Waals surface area (Å²) >= 11 is 18.8. The van der Waals surface area contributed by atoms with Gasteiger partial charge in [0.15, 0.2) is 17.0 Å². The van der Waals surface area contributed by atoms with Crippen molar-refractivity contribution < 1.29 is 19.1 Å². The van der Waals surface area contributed by atoms with Crippen molar-refractivity contribution in [2.24, 2.45) is 0 Å². The van der Waals surface area contributed by atoms with E-state index in [0.717, 1.165) is 16.0 Å². The number of methoxy groups -OCH3 is 1. The third-order valence-corrected chi connectivity index (χ3v) is 6.47. The maximum absolute atomic E-state index is 12.6. The van der Waals surface area contributed by atoms with Crippen LogP contribution in [-0.4, -0.2) is 30.2 Å². The van der Waals surface area contributed by atoms with Crippen LogP contribution in [-0.2, 0) is 9.53 Å². The number of amides is 1. The van der Waals surface area contributed by atoms with E-state index in [9.17, 15) is 9.59 Å². The van der Waals surface area contributed by atoms with E-state index in [0.29, 0.717) is 10.6 Å². The number of carbonyl (C=O) groups excluding carboxylic acids is 2. The molecule has 178 valence electrons. The average molecular weight is 538 g/mol. The van der Waals surface area contributed by atoms with Gasteiger partial charge in [-0.05, 0) is 43.8 Å². The minimum absolute atomic E-state index is 0.0716. The summed E-state index contributed by atoms with van der Waals surface area (Å²) in [5.74, 6) is -0.809. The van der Waals surface area contributed by atoms with Gasteiger partial charge < -0.3 is 14.8 Å². The van der Waals surface area contributed by atoms with Crippen LogP contribution in [0.1, 0.15) is 22.2 Å². The van der Waals surface area contributed by atoms with Gasteiger partial charge in [-0.25, -0.2) is 4.79 Å². The maximum atomic E-state index is 12.6. The number of carbonyl (C=O) groups is 2. The molecular formula is C23H21Cl2N3O4S2. The Bertz CT molecular complexity index is 1200. The summed E-state index contributed by atoms with van der Waals surface area (Å²) in [4.78, 5) is 25.9.